The zero-order valence-corrected chi connectivity index (χ0v) is 10.9. The SMILES string of the molecule is COC(=O)[C@@](C)(C(=O)O)c1cc(OC)ccc1Cl. The maximum Gasteiger partial charge on any atom is 0.327 e. The summed E-state index contributed by atoms with van der Waals surface area (Å²) in [6, 6.07) is 4.46. The minimum Gasteiger partial charge on any atom is -0.497 e. The first kappa shape index (κ1) is 14.3. The van der Waals surface area contributed by atoms with Crippen LogP contribution in [-0.2, 0) is 19.7 Å². The van der Waals surface area contributed by atoms with Gasteiger partial charge in [0, 0.05) is 10.6 Å². The lowest BCUT2D eigenvalue weighted by Crippen LogP contribution is -2.42. The van der Waals surface area contributed by atoms with E-state index in [1.807, 2.05) is 0 Å². The molecule has 1 aromatic rings. The van der Waals surface area contributed by atoms with Gasteiger partial charge >= 0.3 is 11.9 Å². The summed E-state index contributed by atoms with van der Waals surface area (Å²) < 4.78 is 9.53. The van der Waals surface area contributed by atoms with E-state index in [2.05, 4.69) is 4.74 Å². The molecule has 0 saturated heterocycles. The maximum absolute atomic E-state index is 11.7. The van der Waals surface area contributed by atoms with E-state index in [9.17, 15) is 14.7 Å². The zero-order valence-electron chi connectivity index (χ0n) is 10.2. The normalized spacial score (nSPS) is 13.6. The molecule has 0 radical (unpaired) electrons. The molecule has 1 atom stereocenters. The number of methoxy groups -OCH3 is 2. The molecule has 0 spiro atoms. The van der Waals surface area contributed by atoms with Crippen molar-refractivity contribution >= 4 is 23.5 Å². The summed E-state index contributed by atoms with van der Waals surface area (Å²) in [6.45, 7) is 1.24. The van der Waals surface area contributed by atoms with Crippen molar-refractivity contribution in [2.24, 2.45) is 0 Å². The second-order valence-corrected chi connectivity index (χ2v) is 4.17. The molecule has 6 heteroatoms. The number of carbonyl (C=O) groups is 2. The predicted octanol–water partition coefficient (Wildman–Crippen LogP) is 1.86. The minimum atomic E-state index is -1.87. The molecular formula is C12H13ClO5. The van der Waals surface area contributed by atoms with Crippen LogP contribution < -0.4 is 4.74 Å². The van der Waals surface area contributed by atoms with Gasteiger partial charge in [-0.2, -0.15) is 0 Å². The highest BCUT2D eigenvalue weighted by atomic mass is 35.5. The van der Waals surface area contributed by atoms with E-state index in [1.54, 1.807) is 6.07 Å². The summed E-state index contributed by atoms with van der Waals surface area (Å²) in [6.07, 6.45) is 0. The first-order valence-electron chi connectivity index (χ1n) is 5.03. The van der Waals surface area contributed by atoms with E-state index < -0.39 is 17.4 Å². The Labute approximate surface area is 109 Å². The fourth-order valence-electron chi connectivity index (χ4n) is 1.53. The van der Waals surface area contributed by atoms with Crippen LogP contribution in [0, 0.1) is 0 Å². The highest BCUT2D eigenvalue weighted by molar-refractivity contribution is 6.32. The molecule has 0 saturated carbocycles. The smallest absolute Gasteiger partial charge is 0.327 e. The van der Waals surface area contributed by atoms with Gasteiger partial charge in [-0.3, -0.25) is 9.59 Å². The molecule has 0 aliphatic carbocycles. The number of rotatable bonds is 4. The Bertz CT molecular complexity index is 485. The molecule has 1 N–H and O–H groups in total. The van der Waals surface area contributed by atoms with Gasteiger partial charge in [0.15, 0.2) is 5.41 Å². The third-order valence-corrected chi connectivity index (χ3v) is 3.06. The van der Waals surface area contributed by atoms with Crippen molar-refractivity contribution in [3.8, 4) is 5.75 Å². The van der Waals surface area contributed by atoms with Crippen LogP contribution >= 0.6 is 11.6 Å². The largest absolute Gasteiger partial charge is 0.497 e. The average Bonchev–Trinajstić information content (AvgIpc) is 2.37. The van der Waals surface area contributed by atoms with E-state index in [1.165, 1.54) is 26.2 Å². The van der Waals surface area contributed by atoms with E-state index in [4.69, 9.17) is 16.3 Å². The monoisotopic (exact) mass is 272 g/mol. The number of benzene rings is 1. The molecule has 0 aliphatic heterocycles. The third kappa shape index (κ3) is 2.26. The minimum absolute atomic E-state index is 0.128. The van der Waals surface area contributed by atoms with Gasteiger partial charge in [0.05, 0.1) is 14.2 Å². The fourth-order valence-corrected chi connectivity index (χ4v) is 1.84. The van der Waals surface area contributed by atoms with Gasteiger partial charge in [0.25, 0.3) is 0 Å². The summed E-state index contributed by atoms with van der Waals surface area (Å²) in [5, 5.41) is 9.43. The van der Waals surface area contributed by atoms with Crippen LogP contribution in [0.1, 0.15) is 12.5 Å². The highest BCUT2D eigenvalue weighted by Crippen LogP contribution is 2.34. The molecule has 0 heterocycles. The standard InChI is InChI=1S/C12H13ClO5/c1-12(10(14)15,11(16)18-3)8-6-7(17-2)4-5-9(8)13/h4-6H,1-3H3,(H,14,15)/t12-/m1/s1. The Balaban J connectivity index is 3.47. The summed E-state index contributed by atoms with van der Waals surface area (Å²) in [7, 11) is 2.56. The fraction of sp³-hybridized carbons (Fsp3) is 0.333. The number of carboxylic acid groups (broad SMARTS) is 1. The van der Waals surface area contributed by atoms with Crippen molar-refractivity contribution in [3.05, 3.63) is 28.8 Å². The van der Waals surface area contributed by atoms with Gasteiger partial charge < -0.3 is 14.6 Å². The van der Waals surface area contributed by atoms with E-state index >= 15 is 0 Å². The van der Waals surface area contributed by atoms with Gasteiger partial charge in [-0.25, -0.2) is 0 Å². The van der Waals surface area contributed by atoms with E-state index in [0.717, 1.165) is 7.11 Å². The molecule has 1 aromatic carbocycles. The van der Waals surface area contributed by atoms with Crippen LogP contribution in [0.3, 0.4) is 0 Å². The molecule has 0 amide bonds. The highest BCUT2D eigenvalue weighted by Gasteiger charge is 2.46. The summed E-state index contributed by atoms with van der Waals surface area (Å²) in [5.74, 6) is -1.83. The van der Waals surface area contributed by atoms with Gasteiger partial charge in [-0.15, -0.1) is 0 Å². The molecule has 98 valence electrons. The quantitative estimate of drug-likeness (QED) is 0.669. The number of esters is 1. The van der Waals surface area contributed by atoms with Gasteiger partial charge in [0.1, 0.15) is 5.75 Å². The van der Waals surface area contributed by atoms with Crippen LogP contribution in [0.25, 0.3) is 0 Å². The topological polar surface area (TPSA) is 72.8 Å². The lowest BCUT2D eigenvalue weighted by atomic mass is 9.82. The predicted molar refractivity (Wildman–Crippen MR) is 65.0 cm³/mol. The Morgan fingerprint density at radius 1 is 1.33 bits per heavy atom. The van der Waals surface area contributed by atoms with Crippen molar-refractivity contribution in [3.63, 3.8) is 0 Å². The van der Waals surface area contributed by atoms with Crippen LogP contribution in [0.2, 0.25) is 5.02 Å². The van der Waals surface area contributed by atoms with E-state index in [0.29, 0.717) is 5.75 Å². The molecule has 18 heavy (non-hydrogen) atoms. The van der Waals surface area contributed by atoms with Crippen molar-refractivity contribution in [2.45, 2.75) is 12.3 Å². The van der Waals surface area contributed by atoms with Crippen molar-refractivity contribution < 1.29 is 24.2 Å². The maximum atomic E-state index is 11.7. The van der Waals surface area contributed by atoms with Gasteiger partial charge in [-0.05, 0) is 25.1 Å². The number of carboxylic acids is 1. The summed E-state index contributed by atoms with van der Waals surface area (Å²) in [4.78, 5) is 23.1. The van der Waals surface area contributed by atoms with Crippen LogP contribution in [0.4, 0.5) is 0 Å². The first-order valence-corrected chi connectivity index (χ1v) is 5.41. The van der Waals surface area contributed by atoms with Crippen LogP contribution in [0.5, 0.6) is 5.75 Å². The molecule has 0 bridgehead atoms. The molecule has 0 aromatic heterocycles. The molecule has 0 aliphatic rings. The third-order valence-electron chi connectivity index (χ3n) is 2.73. The lowest BCUT2D eigenvalue weighted by molar-refractivity contribution is -0.158. The van der Waals surface area contributed by atoms with Gasteiger partial charge in [0.2, 0.25) is 0 Å². The Morgan fingerprint density at radius 3 is 2.39 bits per heavy atom. The molecule has 0 fully saturated rings. The number of halogens is 1. The van der Waals surface area contributed by atoms with Crippen LogP contribution in [-0.4, -0.2) is 31.3 Å². The zero-order chi connectivity index (χ0) is 13.9. The summed E-state index contributed by atoms with van der Waals surface area (Å²) in [5.41, 5.74) is -1.75. The number of ether oxygens (including phenoxy) is 2. The number of hydrogen-bond acceptors (Lipinski definition) is 4. The van der Waals surface area contributed by atoms with Crippen LogP contribution in [0.15, 0.2) is 18.2 Å². The molecule has 1 rings (SSSR count). The van der Waals surface area contributed by atoms with Crippen molar-refractivity contribution in [1.82, 2.24) is 0 Å². The van der Waals surface area contributed by atoms with Crippen molar-refractivity contribution in [1.29, 1.82) is 0 Å². The molecular weight excluding hydrogens is 260 g/mol. The second kappa shape index (κ2) is 5.27. The Hall–Kier alpha value is -1.75. The second-order valence-electron chi connectivity index (χ2n) is 3.77. The average molecular weight is 273 g/mol. The van der Waals surface area contributed by atoms with Gasteiger partial charge in [-0.1, -0.05) is 11.6 Å². The Morgan fingerprint density at radius 2 is 1.94 bits per heavy atom. The molecule has 0 unspecified atom stereocenters. The first-order chi connectivity index (χ1) is 8.37. The number of hydrogen-bond donors (Lipinski definition) is 1. The number of aliphatic carboxylic acids is 1. The lowest BCUT2D eigenvalue weighted by Gasteiger charge is -2.23. The Kier molecular flexibility index (Phi) is 4.19. The van der Waals surface area contributed by atoms with E-state index in [-0.39, 0.29) is 10.6 Å². The number of carbonyl (C=O) groups excluding carboxylic acids is 1. The van der Waals surface area contributed by atoms with Crippen molar-refractivity contribution in [2.75, 3.05) is 14.2 Å². The molecule has 5 nitrogen and oxygen atoms in total. The summed E-state index contributed by atoms with van der Waals surface area (Å²) >= 11 is 5.96.